The molecule has 30 heavy (non-hydrogen) atoms. The van der Waals surface area contributed by atoms with Gasteiger partial charge in [0, 0.05) is 27.4 Å². The summed E-state index contributed by atoms with van der Waals surface area (Å²) in [5.74, 6) is -1.13. The highest BCUT2D eigenvalue weighted by Gasteiger charge is 2.70. The first-order valence-electron chi connectivity index (χ1n) is 9.78. The van der Waals surface area contributed by atoms with Gasteiger partial charge in [0.1, 0.15) is 6.10 Å². The Morgan fingerprint density at radius 2 is 1.53 bits per heavy atom. The van der Waals surface area contributed by atoms with Crippen LogP contribution >= 0.6 is 34.8 Å². The van der Waals surface area contributed by atoms with Crippen molar-refractivity contribution in [2.45, 2.75) is 12.5 Å². The van der Waals surface area contributed by atoms with E-state index in [1.54, 1.807) is 36.4 Å². The van der Waals surface area contributed by atoms with Gasteiger partial charge >= 0.3 is 0 Å². The minimum absolute atomic E-state index is 0.00764. The third-order valence-electron chi connectivity index (χ3n) is 6.98. The van der Waals surface area contributed by atoms with Crippen molar-refractivity contribution in [1.29, 1.82) is 0 Å². The molecule has 4 aliphatic rings. The van der Waals surface area contributed by atoms with Gasteiger partial charge in [-0.05, 0) is 48.7 Å². The first-order valence-corrected chi connectivity index (χ1v) is 10.9. The van der Waals surface area contributed by atoms with Gasteiger partial charge in [-0.15, -0.1) is 0 Å². The molecule has 2 amide bonds. The van der Waals surface area contributed by atoms with Gasteiger partial charge in [0.25, 0.3) is 0 Å². The van der Waals surface area contributed by atoms with E-state index in [1.165, 1.54) is 4.90 Å². The number of hydrogen-bond donors (Lipinski definition) is 0. The van der Waals surface area contributed by atoms with E-state index in [1.807, 2.05) is 6.07 Å². The molecule has 1 saturated heterocycles. The van der Waals surface area contributed by atoms with Crippen molar-refractivity contribution >= 4 is 58.0 Å². The topological polar surface area (TPSA) is 59.0 Å². The van der Waals surface area contributed by atoms with Crippen LogP contribution in [0.15, 0.2) is 47.6 Å². The largest absolute Gasteiger partial charge is 0.391 e. The van der Waals surface area contributed by atoms with Crippen LogP contribution in [0, 0.1) is 29.6 Å². The molecule has 3 fully saturated rings. The van der Waals surface area contributed by atoms with Crippen LogP contribution in [0.3, 0.4) is 0 Å². The van der Waals surface area contributed by atoms with E-state index < -0.39 is 0 Å². The Kier molecular flexibility index (Phi) is 4.02. The third-order valence-corrected chi connectivity index (χ3v) is 7.78. The number of imide groups is 1. The van der Waals surface area contributed by atoms with Crippen molar-refractivity contribution in [1.82, 2.24) is 0 Å². The molecule has 0 spiro atoms. The van der Waals surface area contributed by atoms with Gasteiger partial charge in [-0.25, -0.2) is 0 Å². The molecule has 0 N–H and O–H groups in total. The standard InChI is InChI=1S/C22H15Cl3N2O3/c23-9-1-4-11(5-2-9)27-21(28)16-13-8-14(17(16)22(27)29)20-18(13)19(26-30-20)12-6-3-10(24)7-15(12)25/h1-7,13-14,16-18,20H,8H2/t13-,14-,16+,17-,18-,20+/m0/s1. The van der Waals surface area contributed by atoms with Crippen LogP contribution in [0.2, 0.25) is 15.1 Å². The number of halogens is 3. The molecule has 152 valence electrons. The predicted molar refractivity (Wildman–Crippen MR) is 114 cm³/mol. The summed E-state index contributed by atoms with van der Waals surface area (Å²) in [6, 6.07) is 12.1. The maximum Gasteiger partial charge on any atom is 0.238 e. The van der Waals surface area contributed by atoms with Crippen molar-refractivity contribution in [3.63, 3.8) is 0 Å². The number of hydrogen-bond acceptors (Lipinski definition) is 4. The van der Waals surface area contributed by atoms with Gasteiger partial charge in [0.2, 0.25) is 11.8 Å². The molecule has 0 radical (unpaired) electrons. The number of oxime groups is 1. The van der Waals surface area contributed by atoms with Gasteiger partial charge in [-0.2, -0.15) is 0 Å². The van der Waals surface area contributed by atoms with Crippen LogP contribution in [0.5, 0.6) is 0 Å². The number of rotatable bonds is 2. The van der Waals surface area contributed by atoms with E-state index in [2.05, 4.69) is 5.16 Å². The highest BCUT2D eigenvalue weighted by Crippen LogP contribution is 2.62. The number of carbonyl (C=O) groups is 2. The Morgan fingerprint density at radius 3 is 2.23 bits per heavy atom. The Balaban J connectivity index is 1.36. The zero-order chi connectivity index (χ0) is 20.7. The molecule has 2 aromatic carbocycles. The van der Waals surface area contributed by atoms with Crippen LogP contribution in [-0.4, -0.2) is 23.6 Å². The summed E-state index contributed by atoms with van der Waals surface area (Å²) >= 11 is 18.4. The molecule has 6 atom stereocenters. The maximum atomic E-state index is 13.4. The monoisotopic (exact) mass is 460 g/mol. The number of fused-ring (bicyclic) bond motifs is 8. The number of nitrogens with zero attached hydrogens (tertiary/aromatic N) is 2. The zero-order valence-corrected chi connectivity index (χ0v) is 17.7. The smallest absolute Gasteiger partial charge is 0.238 e. The fraction of sp³-hybridized carbons (Fsp3) is 0.318. The van der Waals surface area contributed by atoms with Crippen LogP contribution in [0.1, 0.15) is 12.0 Å². The summed E-state index contributed by atoms with van der Waals surface area (Å²) in [5.41, 5.74) is 2.07. The quantitative estimate of drug-likeness (QED) is 0.602. The number of amides is 2. The molecule has 5 nitrogen and oxygen atoms in total. The van der Waals surface area contributed by atoms with Crippen molar-refractivity contribution in [2.75, 3.05) is 4.90 Å². The van der Waals surface area contributed by atoms with Gasteiger partial charge in [0.05, 0.1) is 28.3 Å². The summed E-state index contributed by atoms with van der Waals surface area (Å²) in [7, 11) is 0. The molecule has 2 bridgehead atoms. The Morgan fingerprint density at radius 1 is 0.867 bits per heavy atom. The molecular formula is C22H15Cl3N2O3. The Hall–Kier alpha value is -2.08. The first kappa shape index (κ1) is 18.7. The molecule has 2 aromatic rings. The van der Waals surface area contributed by atoms with E-state index in [9.17, 15) is 9.59 Å². The summed E-state index contributed by atoms with van der Waals surface area (Å²) in [5, 5.41) is 5.93. The minimum Gasteiger partial charge on any atom is -0.391 e. The summed E-state index contributed by atoms with van der Waals surface area (Å²) in [6.07, 6.45) is 0.570. The van der Waals surface area contributed by atoms with E-state index in [4.69, 9.17) is 39.6 Å². The van der Waals surface area contributed by atoms with Crippen LogP contribution in [0.25, 0.3) is 0 Å². The summed E-state index contributed by atoms with van der Waals surface area (Å²) in [6.45, 7) is 0. The lowest BCUT2D eigenvalue weighted by Crippen LogP contribution is -2.41. The lowest BCUT2D eigenvalue weighted by atomic mass is 9.71. The third kappa shape index (κ3) is 2.40. The van der Waals surface area contributed by atoms with Crippen molar-refractivity contribution in [3.8, 4) is 0 Å². The Labute approximate surface area is 187 Å². The molecule has 2 aliphatic carbocycles. The van der Waals surface area contributed by atoms with Gasteiger partial charge < -0.3 is 4.84 Å². The second-order valence-electron chi connectivity index (χ2n) is 8.30. The molecule has 0 aromatic heterocycles. The first-order chi connectivity index (χ1) is 14.5. The molecule has 0 unspecified atom stereocenters. The van der Waals surface area contributed by atoms with Crippen molar-refractivity contribution in [2.24, 2.45) is 34.7 Å². The number of carbonyl (C=O) groups excluding carboxylic acids is 2. The van der Waals surface area contributed by atoms with Crippen LogP contribution in [0.4, 0.5) is 5.69 Å². The Bertz CT molecular complexity index is 1130. The van der Waals surface area contributed by atoms with Crippen LogP contribution in [-0.2, 0) is 14.4 Å². The molecular weight excluding hydrogens is 447 g/mol. The van der Waals surface area contributed by atoms with E-state index >= 15 is 0 Å². The molecule has 2 heterocycles. The molecule has 2 saturated carbocycles. The lowest BCUT2D eigenvalue weighted by molar-refractivity contribution is -0.125. The van der Waals surface area contributed by atoms with Crippen LogP contribution < -0.4 is 4.90 Å². The average Bonchev–Trinajstić information content (AvgIpc) is 3.44. The zero-order valence-electron chi connectivity index (χ0n) is 15.5. The highest BCUT2D eigenvalue weighted by molar-refractivity contribution is 6.37. The second kappa shape index (κ2) is 6.46. The highest BCUT2D eigenvalue weighted by atomic mass is 35.5. The fourth-order valence-corrected chi connectivity index (χ4v) is 6.52. The fourth-order valence-electron chi connectivity index (χ4n) is 5.89. The van der Waals surface area contributed by atoms with E-state index in [0.29, 0.717) is 20.8 Å². The summed E-state index contributed by atoms with van der Waals surface area (Å²) in [4.78, 5) is 33.7. The van der Waals surface area contributed by atoms with Crippen molar-refractivity contribution < 1.29 is 14.4 Å². The minimum atomic E-state index is -0.366. The average molecular weight is 462 g/mol. The molecule has 2 aliphatic heterocycles. The van der Waals surface area contributed by atoms with E-state index in [0.717, 1.165) is 17.7 Å². The SMILES string of the molecule is O=C1[C@@H]2[C@@H]3C[C@H]([C@H]4ON=C(c5ccc(Cl)cc5Cl)[C@H]34)[C@@H]2C(=O)N1c1ccc(Cl)cc1. The number of benzene rings is 2. The van der Waals surface area contributed by atoms with Gasteiger partial charge in [0.15, 0.2) is 0 Å². The lowest BCUT2D eigenvalue weighted by Gasteiger charge is -2.30. The van der Waals surface area contributed by atoms with E-state index in [-0.39, 0.29) is 47.5 Å². The normalized spacial score (nSPS) is 33.6. The second-order valence-corrected chi connectivity index (χ2v) is 9.58. The summed E-state index contributed by atoms with van der Waals surface area (Å²) < 4.78 is 0. The predicted octanol–water partition coefficient (Wildman–Crippen LogP) is 4.82. The van der Waals surface area contributed by atoms with Gasteiger partial charge in [-0.1, -0.05) is 46.0 Å². The molecule has 8 heteroatoms. The molecule has 6 rings (SSSR count). The number of anilines is 1. The van der Waals surface area contributed by atoms with Gasteiger partial charge in [-0.3, -0.25) is 14.5 Å². The maximum absolute atomic E-state index is 13.4. The van der Waals surface area contributed by atoms with Crippen molar-refractivity contribution in [3.05, 3.63) is 63.1 Å².